The molecule has 2 aromatic rings. The van der Waals surface area contributed by atoms with Crippen LogP contribution in [0.3, 0.4) is 0 Å². The maximum atomic E-state index is 13.7. The summed E-state index contributed by atoms with van der Waals surface area (Å²) in [7, 11) is 0. The van der Waals surface area contributed by atoms with Crippen molar-refractivity contribution in [2.24, 2.45) is 0 Å². The molecule has 0 amide bonds. The maximum absolute atomic E-state index is 13.7. The monoisotopic (exact) mass is 271 g/mol. The summed E-state index contributed by atoms with van der Waals surface area (Å²) in [6.45, 7) is 2.85. The van der Waals surface area contributed by atoms with Crippen molar-refractivity contribution in [3.8, 4) is 6.07 Å². The normalized spacial score (nSPS) is 9.85. The van der Waals surface area contributed by atoms with Crippen LogP contribution in [0.25, 0.3) is 0 Å². The minimum atomic E-state index is -0.502. The lowest BCUT2D eigenvalue weighted by atomic mass is 10.2. The topological polar surface area (TPSA) is 73.6 Å². The Balaban J connectivity index is 2.15. The molecule has 0 bridgehead atoms. The number of halogens is 1. The largest absolute Gasteiger partial charge is 0.369 e. The third kappa shape index (κ3) is 3.42. The van der Waals surface area contributed by atoms with Crippen LogP contribution in [0, 0.1) is 17.1 Å². The molecule has 2 N–H and O–H groups in total. The number of benzene rings is 1. The van der Waals surface area contributed by atoms with Gasteiger partial charge in [0.1, 0.15) is 11.6 Å². The van der Waals surface area contributed by atoms with E-state index in [0.29, 0.717) is 11.6 Å². The van der Waals surface area contributed by atoms with Gasteiger partial charge in [0.15, 0.2) is 5.82 Å². The fraction of sp³-hybridized carbons (Fsp3) is 0.214. The molecule has 2 rings (SSSR count). The van der Waals surface area contributed by atoms with E-state index in [1.807, 2.05) is 6.07 Å². The number of nitrogens with one attached hydrogen (secondary N) is 2. The van der Waals surface area contributed by atoms with Crippen LogP contribution in [0.4, 0.5) is 21.7 Å². The number of hydrogen-bond acceptors (Lipinski definition) is 5. The molecule has 0 saturated carbocycles. The van der Waals surface area contributed by atoms with Crippen molar-refractivity contribution in [1.82, 2.24) is 9.97 Å². The number of nitrogens with zero attached hydrogens (tertiary/aromatic N) is 3. The zero-order valence-corrected chi connectivity index (χ0v) is 11.0. The fourth-order valence-electron chi connectivity index (χ4n) is 1.59. The second-order valence-corrected chi connectivity index (χ2v) is 4.15. The molecule has 0 unspecified atom stereocenters. The van der Waals surface area contributed by atoms with Crippen molar-refractivity contribution >= 4 is 17.3 Å². The molecular formula is C14H14FN5. The number of hydrogen-bond donors (Lipinski definition) is 2. The Labute approximate surface area is 116 Å². The first-order valence-electron chi connectivity index (χ1n) is 6.25. The Hall–Kier alpha value is -2.68. The van der Waals surface area contributed by atoms with E-state index in [1.54, 1.807) is 6.20 Å². The van der Waals surface area contributed by atoms with Crippen LogP contribution in [0.5, 0.6) is 0 Å². The molecule has 6 heteroatoms. The lowest BCUT2D eigenvalue weighted by molar-refractivity contribution is 0.631. The van der Waals surface area contributed by atoms with Crippen LogP contribution in [0.1, 0.15) is 18.9 Å². The molecule has 102 valence electrons. The highest BCUT2D eigenvalue weighted by Gasteiger charge is 2.05. The molecule has 0 aliphatic heterocycles. The zero-order chi connectivity index (χ0) is 14.4. The summed E-state index contributed by atoms with van der Waals surface area (Å²) in [5.41, 5.74) is 0.531. The third-order valence-electron chi connectivity index (χ3n) is 2.55. The summed E-state index contributed by atoms with van der Waals surface area (Å²) < 4.78 is 13.7. The van der Waals surface area contributed by atoms with Gasteiger partial charge >= 0.3 is 0 Å². The Morgan fingerprint density at radius 2 is 2.10 bits per heavy atom. The standard InChI is InChI=1S/C14H14FN5/c1-2-5-18-13-8-17-9-14(20-13)19-12-4-3-10(7-16)6-11(12)15/h3-4,6,8-9H,2,5H2,1H3,(H2,18,19,20). The quantitative estimate of drug-likeness (QED) is 0.874. The molecule has 0 aliphatic carbocycles. The number of aromatic nitrogens is 2. The molecule has 1 aromatic carbocycles. The van der Waals surface area contributed by atoms with E-state index >= 15 is 0 Å². The van der Waals surface area contributed by atoms with Crippen molar-refractivity contribution in [2.45, 2.75) is 13.3 Å². The molecule has 0 fully saturated rings. The number of nitriles is 1. The van der Waals surface area contributed by atoms with Gasteiger partial charge in [0, 0.05) is 6.54 Å². The molecule has 0 atom stereocenters. The average Bonchev–Trinajstić information content (AvgIpc) is 2.47. The van der Waals surface area contributed by atoms with Gasteiger partial charge in [-0.2, -0.15) is 5.26 Å². The first-order chi connectivity index (χ1) is 9.72. The van der Waals surface area contributed by atoms with Crippen LogP contribution >= 0.6 is 0 Å². The summed E-state index contributed by atoms with van der Waals surface area (Å²) in [5, 5.41) is 14.6. The number of rotatable bonds is 5. The van der Waals surface area contributed by atoms with Crippen molar-refractivity contribution in [3.05, 3.63) is 42.0 Å². The zero-order valence-electron chi connectivity index (χ0n) is 11.0. The van der Waals surface area contributed by atoms with Gasteiger partial charge in [-0.15, -0.1) is 0 Å². The smallest absolute Gasteiger partial charge is 0.151 e. The minimum absolute atomic E-state index is 0.256. The highest BCUT2D eigenvalue weighted by Crippen LogP contribution is 2.19. The molecule has 0 spiro atoms. The van der Waals surface area contributed by atoms with Gasteiger partial charge in [0.05, 0.1) is 29.7 Å². The van der Waals surface area contributed by atoms with Gasteiger partial charge in [-0.1, -0.05) is 6.92 Å². The van der Waals surface area contributed by atoms with Gasteiger partial charge in [0.25, 0.3) is 0 Å². The fourth-order valence-corrected chi connectivity index (χ4v) is 1.59. The summed E-state index contributed by atoms with van der Waals surface area (Å²) in [6, 6.07) is 6.10. The van der Waals surface area contributed by atoms with Crippen LogP contribution in [0.15, 0.2) is 30.6 Å². The Kier molecular flexibility index (Phi) is 4.45. The maximum Gasteiger partial charge on any atom is 0.151 e. The predicted octanol–water partition coefficient (Wildman–Crippen LogP) is 3.05. The predicted molar refractivity (Wildman–Crippen MR) is 75.2 cm³/mol. The number of anilines is 3. The third-order valence-corrected chi connectivity index (χ3v) is 2.55. The first-order valence-corrected chi connectivity index (χ1v) is 6.25. The summed E-state index contributed by atoms with van der Waals surface area (Å²) in [4.78, 5) is 8.31. The Morgan fingerprint density at radius 1 is 1.30 bits per heavy atom. The van der Waals surface area contributed by atoms with Crippen molar-refractivity contribution in [1.29, 1.82) is 5.26 Å². The molecule has 1 aromatic heterocycles. The molecular weight excluding hydrogens is 257 g/mol. The Bertz CT molecular complexity index is 636. The summed E-state index contributed by atoms with van der Waals surface area (Å²) in [5.74, 6) is 0.568. The molecule has 0 aliphatic rings. The van der Waals surface area contributed by atoms with Gasteiger partial charge in [0.2, 0.25) is 0 Å². The van der Waals surface area contributed by atoms with Crippen molar-refractivity contribution in [3.63, 3.8) is 0 Å². The van der Waals surface area contributed by atoms with Gasteiger partial charge < -0.3 is 10.6 Å². The first kappa shape index (κ1) is 13.7. The van der Waals surface area contributed by atoms with E-state index in [-0.39, 0.29) is 11.3 Å². The van der Waals surface area contributed by atoms with Gasteiger partial charge in [-0.25, -0.2) is 9.37 Å². The highest BCUT2D eigenvalue weighted by atomic mass is 19.1. The second kappa shape index (κ2) is 6.48. The van der Waals surface area contributed by atoms with E-state index < -0.39 is 5.82 Å². The summed E-state index contributed by atoms with van der Waals surface area (Å²) in [6.07, 6.45) is 4.09. The van der Waals surface area contributed by atoms with E-state index in [2.05, 4.69) is 27.5 Å². The lowest BCUT2D eigenvalue weighted by Gasteiger charge is -2.08. The van der Waals surface area contributed by atoms with Gasteiger partial charge in [-0.3, -0.25) is 4.98 Å². The van der Waals surface area contributed by atoms with Gasteiger partial charge in [-0.05, 0) is 24.6 Å². The Morgan fingerprint density at radius 3 is 2.80 bits per heavy atom. The van der Waals surface area contributed by atoms with E-state index in [9.17, 15) is 4.39 Å². The van der Waals surface area contributed by atoms with Crippen LogP contribution in [0.2, 0.25) is 0 Å². The molecule has 5 nitrogen and oxygen atoms in total. The van der Waals surface area contributed by atoms with Crippen LogP contribution < -0.4 is 10.6 Å². The highest BCUT2D eigenvalue weighted by molar-refractivity contribution is 5.58. The van der Waals surface area contributed by atoms with Crippen molar-refractivity contribution in [2.75, 3.05) is 17.2 Å². The molecule has 0 saturated heterocycles. The summed E-state index contributed by atoms with van der Waals surface area (Å²) >= 11 is 0. The van der Waals surface area contributed by atoms with Crippen molar-refractivity contribution < 1.29 is 4.39 Å². The lowest BCUT2D eigenvalue weighted by Crippen LogP contribution is -2.04. The molecule has 20 heavy (non-hydrogen) atoms. The average molecular weight is 271 g/mol. The van der Waals surface area contributed by atoms with E-state index in [1.165, 1.54) is 24.4 Å². The molecule has 0 radical (unpaired) electrons. The minimum Gasteiger partial charge on any atom is -0.369 e. The van der Waals surface area contributed by atoms with E-state index in [0.717, 1.165) is 13.0 Å². The molecule has 1 heterocycles. The van der Waals surface area contributed by atoms with E-state index in [4.69, 9.17) is 5.26 Å². The van der Waals surface area contributed by atoms with Crippen LogP contribution in [-0.2, 0) is 0 Å². The van der Waals surface area contributed by atoms with Crippen LogP contribution in [-0.4, -0.2) is 16.5 Å². The second-order valence-electron chi connectivity index (χ2n) is 4.15. The SMILES string of the molecule is CCCNc1cncc(Nc2ccc(C#N)cc2F)n1.